The van der Waals surface area contributed by atoms with Crippen molar-refractivity contribution in [3.8, 4) is 0 Å². The standard InChI is InChI=1S/C14H10F3NO3/c1-18-7-8(6-11(18)13(20)21)12(19)9-4-2-3-5-10(9)14(15,16)17/h2-7H,1H3,(H,20,21). The van der Waals surface area contributed by atoms with E-state index in [0.29, 0.717) is 0 Å². The van der Waals surface area contributed by atoms with Crippen LogP contribution in [0.1, 0.15) is 32.0 Å². The fraction of sp³-hybridized carbons (Fsp3) is 0.143. The summed E-state index contributed by atoms with van der Waals surface area (Å²) in [6, 6.07) is 5.45. The number of carboxylic acid groups (broad SMARTS) is 1. The third-order valence-electron chi connectivity index (χ3n) is 2.96. The van der Waals surface area contributed by atoms with Gasteiger partial charge in [0, 0.05) is 24.4 Å². The SMILES string of the molecule is Cn1cc(C(=O)c2ccccc2C(F)(F)F)cc1C(=O)O. The maximum Gasteiger partial charge on any atom is 0.417 e. The molecule has 1 heterocycles. The summed E-state index contributed by atoms with van der Waals surface area (Å²) in [5, 5.41) is 8.90. The number of carboxylic acids is 1. The van der Waals surface area contributed by atoms with Crippen LogP contribution < -0.4 is 0 Å². The quantitative estimate of drug-likeness (QED) is 0.886. The fourth-order valence-corrected chi connectivity index (χ4v) is 1.99. The van der Waals surface area contributed by atoms with Crippen LogP contribution in [0, 0.1) is 0 Å². The molecular weight excluding hydrogens is 287 g/mol. The molecule has 0 aliphatic rings. The average Bonchev–Trinajstić information content (AvgIpc) is 2.79. The number of carbonyl (C=O) groups is 2. The predicted molar refractivity (Wildman–Crippen MR) is 67.2 cm³/mol. The molecule has 1 aromatic carbocycles. The molecule has 0 fully saturated rings. The van der Waals surface area contributed by atoms with Crippen molar-refractivity contribution in [2.45, 2.75) is 6.18 Å². The number of aryl methyl sites for hydroxylation is 1. The van der Waals surface area contributed by atoms with Crippen LogP contribution in [0.15, 0.2) is 36.5 Å². The number of hydrogen-bond acceptors (Lipinski definition) is 2. The van der Waals surface area contributed by atoms with Gasteiger partial charge in [-0.3, -0.25) is 4.79 Å². The van der Waals surface area contributed by atoms with Gasteiger partial charge in [0.15, 0.2) is 5.78 Å². The highest BCUT2D eigenvalue weighted by molar-refractivity contribution is 6.10. The molecule has 0 atom stereocenters. The Morgan fingerprint density at radius 3 is 2.33 bits per heavy atom. The van der Waals surface area contributed by atoms with Crippen LogP contribution in [0.2, 0.25) is 0 Å². The minimum absolute atomic E-state index is 0.105. The van der Waals surface area contributed by atoms with Gasteiger partial charge in [0.05, 0.1) is 5.56 Å². The Bertz CT molecular complexity index is 716. The van der Waals surface area contributed by atoms with Crippen molar-refractivity contribution < 1.29 is 27.9 Å². The van der Waals surface area contributed by atoms with Crippen molar-refractivity contribution in [1.82, 2.24) is 4.57 Å². The van der Waals surface area contributed by atoms with E-state index in [9.17, 15) is 22.8 Å². The van der Waals surface area contributed by atoms with Crippen LogP contribution in [0.25, 0.3) is 0 Å². The van der Waals surface area contributed by atoms with Crippen molar-refractivity contribution in [3.05, 3.63) is 58.9 Å². The topological polar surface area (TPSA) is 59.3 Å². The lowest BCUT2D eigenvalue weighted by atomic mass is 9.99. The zero-order valence-corrected chi connectivity index (χ0v) is 10.8. The summed E-state index contributed by atoms with van der Waals surface area (Å²) in [6.45, 7) is 0. The molecule has 7 heteroatoms. The Kier molecular flexibility index (Phi) is 3.59. The zero-order valence-electron chi connectivity index (χ0n) is 10.8. The van der Waals surface area contributed by atoms with E-state index in [0.717, 1.165) is 18.2 Å². The van der Waals surface area contributed by atoms with Crippen molar-refractivity contribution in [3.63, 3.8) is 0 Å². The number of nitrogens with zero attached hydrogens (tertiary/aromatic N) is 1. The van der Waals surface area contributed by atoms with Crippen molar-refractivity contribution in [2.24, 2.45) is 7.05 Å². The zero-order chi connectivity index (χ0) is 15.8. The van der Waals surface area contributed by atoms with Crippen LogP contribution in [-0.2, 0) is 13.2 Å². The first-order valence-corrected chi connectivity index (χ1v) is 5.82. The number of hydrogen-bond donors (Lipinski definition) is 1. The average molecular weight is 297 g/mol. The Morgan fingerprint density at radius 2 is 1.81 bits per heavy atom. The van der Waals surface area contributed by atoms with Crippen LogP contribution in [-0.4, -0.2) is 21.4 Å². The second kappa shape index (κ2) is 5.08. The van der Waals surface area contributed by atoms with E-state index < -0.39 is 29.1 Å². The third kappa shape index (κ3) is 2.81. The summed E-state index contributed by atoms with van der Waals surface area (Å²) in [7, 11) is 1.40. The van der Waals surface area contributed by atoms with E-state index in [1.807, 2.05) is 0 Å². The fourth-order valence-electron chi connectivity index (χ4n) is 1.99. The minimum Gasteiger partial charge on any atom is -0.477 e. The van der Waals surface area contributed by atoms with E-state index in [1.165, 1.54) is 29.9 Å². The summed E-state index contributed by atoms with van der Waals surface area (Å²) in [5.41, 5.74) is -1.84. The summed E-state index contributed by atoms with van der Waals surface area (Å²) in [6.07, 6.45) is -3.46. The minimum atomic E-state index is -4.66. The number of carbonyl (C=O) groups excluding carboxylic acids is 1. The number of benzene rings is 1. The highest BCUT2D eigenvalue weighted by Gasteiger charge is 2.35. The lowest BCUT2D eigenvalue weighted by Crippen LogP contribution is -2.13. The number of ketones is 1. The number of rotatable bonds is 3. The first-order valence-electron chi connectivity index (χ1n) is 5.82. The molecule has 1 aromatic heterocycles. The molecule has 2 aromatic rings. The largest absolute Gasteiger partial charge is 0.477 e. The van der Waals surface area contributed by atoms with Gasteiger partial charge in [-0.15, -0.1) is 0 Å². The number of alkyl halides is 3. The van der Waals surface area contributed by atoms with Gasteiger partial charge in [-0.1, -0.05) is 18.2 Å². The van der Waals surface area contributed by atoms with E-state index >= 15 is 0 Å². The Hall–Kier alpha value is -2.57. The van der Waals surface area contributed by atoms with Gasteiger partial charge in [0.2, 0.25) is 0 Å². The molecule has 0 aliphatic carbocycles. The molecule has 4 nitrogen and oxygen atoms in total. The highest BCUT2D eigenvalue weighted by atomic mass is 19.4. The maximum absolute atomic E-state index is 12.9. The van der Waals surface area contributed by atoms with E-state index in [4.69, 9.17) is 5.11 Å². The summed E-state index contributed by atoms with van der Waals surface area (Å²) >= 11 is 0. The van der Waals surface area contributed by atoms with Gasteiger partial charge in [-0.05, 0) is 12.1 Å². The van der Waals surface area contributed by atoms with Crippen LogP contribution in [0.4, 0.5) is 13.2 Å². The first kappa shape index (κ1) is 14.8. The molecule has 0 bridgehead atoms. The lowest BCUT2D eigenvalue weighted by molar-refractivity contribution is -0.137. The predicted octanol–water partition coefficient (Wildman–Crippen LogP) is 2.97. The molecule has 21 heavy (non-hydrogen) atoms. The maximum atomic E-state index is 12.9. The van der Waals surface area contributed by atoms with Gasteiger partial charge in [0.1, 0.15) is 5.69 Å². The molecule has 0 spiro atoms. The van der Waals surface area contributed by atoms with Crippen LogP contribution in [0.5, 0.6) is 0 Å². The van der Waals surface area contributed by atoms with E-state index in [2.05, 4.69) is 0 Å². The summed E-state index contributed by atoms with van der Waals surface area (Å²) < 4.78 is 39.8. The normalized spacial score (nSPS) is 11.4. The number of aromatic nitrogens is 1. The lowest BCUT2D eigenvalue weighted by Gasteiger charge is -2.10. The van der Waals surface area contributed by atoms with Crippen molar-refractivity contribution in [1.29, 1.82) is 0 Å². The second-order valence-electron chi connectivity index (χ2n) is 4.40. The van der Waals surface area contributed by atoms with Crippen molar-refractivity contribution >= 4 is 11.8 Å². The van der Waals surface area contributed by atoms with Crippen LogP contribution >= 0.6 is 0 Å². The number of halogens is 3. The van der Waals surface area contributed by atoms with E-state index in [1.54, 1.807) is 0 Å². The third-order valence-corrected chi connectivity index (χ3v) is 2.96. The molecule has 1 N–H and O–H groups in total. The molecular formula is C14H10F3NO3. The highest BCUT2D eigenvalue weighted by Crippen LogP contribution is 2.32. The van der Waals surface area contributed by atoms with Crippen LogP contribution in [0.3, 0.4) is 0 Å². The van der Waals surface area contributed by atoms with Crippen molar-refractivity contribution in [2.75, 3.05) is 0 Å². The second-order valence-corrected chi connectivity index (χ2v) is 4.40. The monoisotopic (exact) mass is 297 g/mol. The molecule has 0 radical (unpaired) electrons. The Morgan fingerprint density at radius 1 is 1.19 bits per heavy atom. The van der Waals surface area contributed by atoms with E-state index in [-0.39, 0.29) is 11.3 Å². The van der Waals surface area contributed by atoms with Gasteiger partial charge in [-0.25, -0.2) is 4.79 Å². The van der Waals surface area contributed by atoms with Gasteiger partial charge < -0.3 is 9.67 Å². The molecule has 0 saturated heterocycles. The number of aromatic carboxylic acids is 1. The smallest absolute Gasteiger partial charge is 0.417 e. The molecule has 2 rings (SSSR count). The molecule has 0 saturated carbocycles. The molecule has 0 aliphatic heterocycles. The molecule has 110 valence electrons. The Balaban J connectivity index is 2.51. The first-order chi connectivity index (χ1) is 9.71. The van der Waals surface area contributed by atoms with Gasteiger partial charge in [-0.2, -0.15) is 13.2 Å². The van der Waals surface area contributed by atoms with Gasteiger partial charge >= 0.3 is 12.1 Å². The summed E-state index contributed by atoms with van der Waals surface area (Å²) in [4.78, 5) is 23.1. The Labute approximate surface area is 117 Å². The summed E-state index contributed by atoms with van der Waals surface area (Å²) in [5.74, 6) is -2.13. The molecule has 0 amide bonds. The molecule has 0 unspecified atom stereocenters. The van der Waals surface area contributed by atoms with Gasteiger partial charge in [0.25, 0.3) is 0 Å².